The van der Waals surface area contributed by atoms with Gasteiger partial charge in [-0.05, 0) is 32.9 Å². The van der Waals surface area contributed by atoms with Gasteiger partial charge in [0.05, 0.1) is 5.60 Å². The summed E-state index contributed by atoms with van der Waals surface area (Å²) in [7, 11) is 0. The molecule has 8 nitrogen and oxygen atoms in total. The summed E-state index contributed by atoms with van der Waals surface area (Å²) in [6.45, 7) is 5.58. The van der Waals surface area contributed by atoms with E-state index >= 15 is 0 Å². The molecule has 1 unspecified atom stereocenters. The molecule has 0 aliphatic carbocycles. The first-order valence-electron chi connectivity index (χ1n) is 8.66. The number of amides is 1. The monoisotopic (exact) mass is 394 g/mol. The summed E-state index contributed by atoms with van der Waals surface area (Å²) < 4.78 is 29.3. The molecule has 9 heteroatoms. The van der Waals surface area contributed by atoms with Gasteiger partial charge in [0.25, 0.3) is 5.91 Å². The number of rotatable bonds is 9. The molecule has 1 aromatic heterocycles. The number of carbonyl (C=O) groups is 2. The summed E-state index contributed by atoms with van der Waals surface area (Å²) in [4.78, 5) is 23.6. The van der Waals surface area contributed by atoms with Crippen molar-refractivity contribution in [1.82, 2.24) is 10.5 Å². The van der Waals surface area contributed by atoms with E-state index in [4.69, 9.17) is 14.0 Å². The zero-order valence-electron chi connectivity index (χ0n) is 15.9. The zero-order chi connectivity index (χ0) is 20.7. The molecule has 0 saturated carbocycles. The fraction of sp³-hybridized carbons (Fsp3) is 0.421. The third-order valence-corrected chi connectivity index (χ3v) is 3.54. The van der Waals surface area contributed by atoms with Crippen molar-refractivity contribution in [2.24, 2.45) is 0 Å². The summed E-state index contributed by atoms with van der Waals surface area (Å²) in [6, 6.07) is 6.03. The number of carboxylic acids is 1. The van der Waals surface area contributed by atoms with Crippen LogP contribution >= 0.6 is 0 Å². The van der Waals surface area contributed by atoms with Crippen LogP contribution in [0.4, 0.5) is 4.39 Å². The van der Waals surface area contributed by atoms with Gasteiger partial charge in [0.15, 0.2) is 23.0 Å². The van der Waals surface area contributed by atoms with E-state index in [2.05, 4.69) is 10.5 Å². The second-order valence-corrected chi connectivity index (χ2v) is 7.01. The van der Waals surface area contributed by atoms with Crippen LogP contribution in [0.1, 0.15) is 43.4 Å². The van der Waals surface area contributed by atoms with Crippen LogP contribution in [-0.2, 0) is 16.1 Å². The third-order valence-electron chi connectivity index (χ3n) is 3.54. The fourth-order valence-electron chi connectivity index (χ4n) is 2.17. The second kappa shape index (κ2) is 9.32. The predicted octanol–water partition coefficient (Wildman–Crippen LogP) is 2.78. The molecule has 0 aliphatic rings. The highest BCUT2D eigenvalue weighted by Crippen LogP contribution is 2.17. The molecule has 152 valence electrons. The Morgan fingerprint density at radius 1 is 1.32 bits per heavy atom. The number of benzene rings is 1. The predicted molar refractivity (Wildman–Crippen MR) is 96.4 cm³/mol. The van der Waals surface area contributed by atoms with E-state index in [1.807, 2.05) is 20.8 Å². The zero-order valence-corrected chi connectivity index (χ0v) is 15.9. The molecule has 1 amide bonds. The van der Waals surface area contributed by atoms with Crippen LogP contribution in [-0.4, -0.2) is 40.4 Å². The van der Waals surface area contributed by atoms with E-state index in [9.17, 15) is 19.1 Å². The molecule has 0 aliphatic heterocycles. The summed E-state index contributed by atoms with van der Waals surface area (Å²) in [5, 5.41) is 15.2. The Hall–Kier alpha value is -2.94. The Bertz CT molecular complexity index is 815. The first-order chi connectivity index (χ1) is 13.2. The first kappa shape index (κ1) is 21.4. The molecular weight excluding hydrogens is 371 g/mol. The molecule has 0 fully saturated rings. The van der Waals surface area contributed by atoms with E-state index in [0.29, 0.717) is 0 Å². The van der Waals surface area contributed by atoms with Crippen LogP contribution in [0.5, 0.6) is 5.75 Å². The van der Waals surface area contributed by atoms with Crippen molar-refractivity contribution >= 4 is 11.9 Å². The molecule has 1 atom stereocenters. The Balaban J connectivity index is 1.91. The fourth-order valence-corrected chi connectivity index (χ4v) is 2.17. The van der Waals surface area contributed by atoms with E-state index < -0.39 is 29.3 Å². The van der Waals surface area contributed by atoms with Gasteiger partial charge in [-0.3, -0.25) is 4.79 Å². The maximum absolute atomic E-state index is 13.5. The van der Waals surface area contributed by atoms with Gasteiger partial charge in [-0.2, -0.15) is 0 Å². The smallest absolute Gasteiger partial charge is 0.326 e. The lowest BCUT2D eigenvalue weighted by atomic mass is 10.1. The van der Waals surface area contributed by atoms with E-state index in [0.717, 1.165) is 0 Å². The largest absolute Gasteiger partial charge is 0.482 e. The number of aliphatic carboxylic acids is 1. The van der Waals surface area contributed by atoms with E-state index in [1.54, 1.807) is 6.07 Å². The van der Waals surface area contributed by atoms with Crippen molar-refractivity contribution in [3.63, 3.8) is 0 Å². The van der Waals surface area contributed by atoms with E-state index in [1.165, 1.54) is 24.3 Å². The van der Waals surface area contributed by atoms with Crippen LogP contribution in [0.3, 0.4) is 0 Å². The molecule has 2 N–H and O–H groups in total. The Morgan fingerprint density at radius 3 is 2.68 bits per heavy atom. The molecule has 1 aromatic carbocycles. The van der Waals surface area contributed by atoms with Gasteiger partial charge >= 0.3 is 5.97 Å². The SMILES string of the molecule is CC(C)(C)OCCC(NC(=O)c1cc(COc2ccccc2F)on1)C(=O)O. The third kappa shape index (κ3) is 6.66. The highest BCUT2D eigenvalue weighted by atomic mass is 19.1. The number of hydrogen-bond donors (Lipinski definition) is 2. The minimum Gasteiger partial charge on any atom is -0.482 e. The quantitative estimate of drug-likeness (QED) is 0.673. The number of nitrogens with zero attached hydrogens (tertiary/aromatic N) is 1. The lowest BCUT2D eigenvalue weighted by molar-refractivity contribution is -0.140. The molecule has 0 radical (unpaired) electrons. The number of carbonyl (C=O) groups excluding carboxylic acids is 1. The number of carboxylic acid groups (broad SMARTS) is 1. The van der Waals surface area contributed by atoms with Crippen molar-refractivity contribution in [2.45, 2.75) is 45.4 Å². The normalized spacial score (nSPS) is 12.4. The minimum atomic E-state index is -1.18. The number of ether oxygens (including phenoxy) is 2. The number of nitrogens with one attached hydrogen (secondary N) is 1. The molecule has 0 spiro atoms. The Kier molecular flexibility index (Phi) is 7.11. The van der Waals surface area contributed by atoms with Crippen LogP contribution in [0, 0.1) is 5.82 Å². The molecule has 28 heavy (non-hydrogen) atoms. The van der Waals surface area contributed by atoms with Gasteiger partial charge in [0, 0.05) is 19.1 Å². The number of para-hydroxylation sites is 1. The number of aromatic nitrogens is 1. The summed E-state index contributed by atoms with van der Waals surface area (Å²) in [6.07, 6.45) is 0.0967. The summed E-state index contributed by atoms with van der Waals surface area (Å²) >= 11 is 0. The number of halogens is 1. The highest BCUT2D eigenvalue weighted by Gasteiger charge is 2.23. The van der Waals surface area contributed by atoms with Crippen molar-refractivity contribution in [2.75, 3.05) is 6.61 Å². The molecule has 2 aromatic rings. The van der Waals surface area contributed by atoms with Crippen molar-refractivity contribution in [3.8, 4) is 5.75 Å². The second-order valence-electron chi connectivity index (χ2n) is 7.01. The van der Waals surface area contributed by atoms with Crippen LogP contribution < -0.4 is 10.1 Å². The first-order valence-corrected chi connectivity index (χ1v) is 8.66. The van der Waals surface area contributed by atoms with Crippen LogP contribution in [0.2, 0.25) is 0 Å². The number of hydrogen-bond acceptors (Lipinski definition) is 6. The topological polar surface area (TPSA) is 111 Å². The maximum atomic E-state index is 13.5. The van der Waals surface area contributed by atoms with Crippen molar-refractivity contribution < 1.29 is 33.1 Å². The molecule has 0 saturated heterocycles. The van der Waals surface area contributed by atoms with Gasteiger partial charge < -0.3 is 24.4 Å². The van der Waals surface area contributed by atoms with Crippen molar-refractivity contribution in [1.29, 1.82) is 0 Å². The Labute approximate surface area is 161 Å². The molecule has 0 bridgehead atoms. The average Bonchev–Trinajstić information content (AvgIpc) is 3.08. The van der Waals surface area contributed by atoms with Crippen LogP contribution in [0.15, 0.2) is 34.9 Å². The molecular formula is C19H23FN2O6. The average molecular weight is 394 g/mol. The molecule has 1 heterocycles. The standard InChI is InChI=1S/C19H23FN2O6/c1-19(2,3)27-9-8-14(18(24)25)21-17(23)15-10-12(28-22-15)11-26-16-7-5-4-6-13(16)20/h4-7,10,14H,8-9,11H2,1-3H3,(H,21,23)(H,24,25). The van der Waals surface area contributed by atoms with Crippen molar-refractivity contribution in [3.05, 3.63) is 47.6 Å². The lowest BCUT2D eigenvalue weighted by Crippen LogP contribution is -2.42. The Morgan fingerprint density at radius 2 is 2.04 bits per heavy atom. The summed E-state index contributed by atoms with van der Waals surface area (Å²) in [5.41, 5.74) is -0.512. The van der Waals surface area contributed by atoms with Gasteiger partial charge in [0.2, 0.25) is 0 Å². The highest BCUT2D eigenvalue weighted by molar-refractivity contribution is 5.94. The minimum absolute atomic E-state index is 0.0368. The summed E-state index contributed by atoms with van der Waals surface area (Å²) in [5.74, 6) is -2.19. The van der Waals surface area contributed by atoms with Gasteiger partial charge in [-0.25, -0.2) is 9.18 Å². The van der Waals surface area contributed by atoms with Gasteiger partial charge in [-0.15, -0.1) is 0 Å². The van der Waals surface area contributed by atoms with E-state index in [-0.39, 0.29) is 36.8 Å². The van der Waals surface area contributed by atoms with Gasteiger partial charge in [0.1, 0.15) is 12.6 Å². The van der Waals surface area contributed by atoms with Crippen LogP contribution in [0.25, 0.3) is 0 Å². The van der Waals surface area contributed by atoms with Gasteiger partial charge in [-0.1, -0.05) is 17.3 Å². The molecule has 2 rings (SSSR count). The maximum Gasteiger partial charge on any atom is 0.326 e. The lowest BCUT2D eigenvalue weighted by Gasteiger charge is -2.21.